The van der Waals surface area contributed by atoms with Gasteiger partial charge in [-0.25, -0.2) is 4.79 Å². The number of phenols is 1. The summed E-state index contributed by atoms with van der Waals surface area (Å²) in [7, 11) is 0. The van der Waals surface area contributed by atoms with Gasteiger partial charge in [0.05, 0.1) is 5.56 Å². The van der Waals surface area contributed by atoms with Crippen molar-refractivity contribution < 1.29 is 14.6 Å². The second-order valence-corrected chi connectivity index (χ2v) is 5.55. The molecule has 0 unspecified atom stereocenters. The average molecular weight is 249 g/mol. The Bertz CT molecular complexity index is 475. The molecule has 0 bridgehead atoms. The van der Waals surface area contributed by atoms with Gasteiger partial charge in [0.15, 0.2) is 0 Å². The Morgan fingerprint density at radius 3 is 2.78 bits per heavy atom. The van der Waals surface area contributed by atoms with Crippen molar-refractivity contribution in [2.24, 2.45) is 0 Å². The van der Waals surface area contributed by atoms with Crippen molar-refractivity contribution in [3.05, 3.63) is 23.3 Å². The second kappa shape index (κ2) is 4.52. The molecule has 0 fully saturated rings. The molecule has 1 heterocycles. The number of benzene rings is 1. The number of anilines is 1. The standard InChI is InChI=1S/C14H19NO3/c1-14(2,3)18-13(17)9-7-11-10(12(16)8-9)5-4-6-15-11/h7-8,15-16H,4-6H2,1-3H3. The van der Waals surface area contributed by atoms with Crippen molar-refractivity contribution in [3.8, 4) is 5.75 Å². The van der Waals surface area contributed by atoms with Crippen molar-refractivity contribution in [2.75, 3.05) is 11.9 Å². The van der Waals surface area contributed by atoms with Crippen molar-refractivity contribution in [1.82, 2.24) is 0 Å². The average Bonchev–Trinajstić information content (AvgIpc) is 2.26. The number of aromatic hydroxyl groups is 1. The van der Waals surface area contributed by atoms with E-state index in [1.807, 2.05) is 20.8 Å². The Hall–Kier alpha value is -1.71. The van der Waals surface area contributed by atoms with E-state index in [0.29, 0.717) is 5.56 Å². The van der Waals surface area contributed by atoms with Gasteiger partial charge in [-0.05, 0) is 45.7 Å². The minimum atomic E-state index is -0.532. The Kier molecular flexibility index (Phi) is 3.20. The van der Waals surface area contributed by atoms with Crippen LogP contribution in [0.4, 0.5) is 5.69 Å². The molecule has 1 aromatic rings. The summed E-state index contributed by atoms with van der Waals surface area (Å²) in [6.45, 7) is 6.33. The van der Waals surface area contributed by atoms with E-state index in [0.717, 1.165) is 30.6 Å². The highest BCUT2D eigenvalue weighted by Gasteiger charge is 2.21. The van der Waals surface area contributed by atoms with E-state index >= 15 is 0 Å². The smallest absolute Gasteiger partial charge is 0.338 e. The molecule has 0 saturated carbocycles. The van der Waals surface area contributed by atoms with Crippen LogP contribution < -0.4 is 5.32 Å². The van der Waals surface area contributed by atoms with Crippen LogP contribution in [0, 0.1) is 0 Å². The molecule has 0 aliphatic carbocycles. The number of hydrogen-bond donors (Lipinski definition) is 2. The predicted molar refractivity (Wildman–Crippen MR) is 70.1 cm³/mol. The van der Waals surface area contributed by atoms with E-state index < -0.39 is 11.6 Å². The van der Waals surface area contributed by atoms with Gasteiger partial charge in [-0.1, -0.05) is 0 Å². The maximum absolute atomic E-state index is 11.9. The number of carbonyl (C=O) groups excluding carboxylic acids is 1. The molecule has 2 rings (SSSR count). The fourth-order valence-electron chi connectivity index (χ4n) is 2.02. The highest BCUT2D eigenvalue weighted by molar-refractivity contribution is 5.92. The first kappa shape index (κ1) is 12.7. The normalized spacial score (nSPS) is 14.6. The van der Waals surface area contributed by atoms with Crippen LogP contribution in [0.1, 0.15) is 43.1 Å². The molecule has 0 aromatic heterocycles. The monoisotopic (exact) mass is 249 g/mol. The predicted octanol–water partition coefficient (Wildman–Crippen LogP) is 2.71. The van der Waals surface area contributed by atoms with E-state index in [9.17, 15) is 9.90 Å². The van der Waals surface area contributed by atoms with Gasteiger partial charge in [-0.2, -0.15) is 0 Å². The minimum Gasteiger partial charge on any atom is -0.508 e. The molecule has 0 atom stereocenters. The van der Waals surface area contributed by atoms with Gasteiger partial charge < -0.3 is 15.2 Å². The van der Waals surface area contributed by atoms with E-state index in [2.05, 4.69) is 5.32 Å². The number of nitrogens with one attached hydrogen (secondary N) is 1. The van der Waals surface area contributed by atoms with E-state index in [1.54, 1.807) is 6.07 Å². The van der Waals surface area contributed by atoms with Gasteiger partial charge >= 0.3 is 5.97 Å². The van der Waals surface area contributed by atoms with Crippen LogP contribution >= 0.6 is 0 Å². The highest BCUT2D eigenvalue weighted by Crippen LogP contribution is 2.32. The third-order valence-electron chi connectivity index (χ3n) is 2.78. The van der Waals surface area contributed by atoms with Gasteiger partial charge in [-0.3, -0.25) is 0 Å². The molecule has 1 aliphatic rings. The van der Waals surface area contributed by atoms with Crippen LogP contribution in [0.25, 0.3) is 0 Å². The summed E-state index contributed by atoms with van der Waals surface area (Å²) in [6, 6.07) is 3.24. The van der Waals surface area contributed by atoms with E-state index in [1.165, 1.54) is 6.07 Å². The molecule has 4 nitrogen and oxygen atoms in total. The van der Waals surface area contributed by atoms with Gasteiger partial charge in [0.1, 0.15) is 11.4 Å². The Morgan fingerprint density at radius 2 is 2.11 bits per heavy atom. The van der Waals surface area contributed by atoms with E-state index in [4.69, 9.17) is 4.74 Å². The summed E-state index contributed by atoms with van der Waals surface area (Å²) in [5.41, 5.74) is 1.57. The summed E-state index contributed by atoms with van der Waals surface area (Å²) in [4.78, 5) is 11.9. The number of esters is 1. The largest absolute Gasteiger partial charge is 0.508 e. The number of hydrogen-bond acceptors (Lipinski definition) is 4. The molecule has 1 aromatic carbocycles. The van der Waals surface area contributed by atoms with Crippen LogP contribution in [-0.4, -0.2) is 23.2 Å². The molecule has 0 spiro atoms. The van der Waals surface area contributed by atoms with Crippen molar-refractivity contribution in [3.63, 3.8) is 0 Å². The summed E-state index contributed by atoms with van der Waals surface area (Å²) < 4.78 is 5.29. The molecule has 18 heavy (non-hydrogen) atoms. The SMILES string of the molecule is CC(C)(C)OC(=O)c1cc(O)c2c(c1)NCCC2. The van der Waals surface area contributed by atoms with Crippen molar-refractivity contribution in [2.45, 2.75) is 39.2 Å². The van der Waals surface area contributed by atoms with Crippen LogP contribution in [0.5, 0.6) is 5.75 Å². The quantitative estimate of drug-likeness (QED) is 0.751. The maximum atomic E-state index is 11.9. The third-order valence-corrected chi connectivity index (χ3v) is 2.78. The highest BCUT2D eigenvalue weighted by atomic mass is 16.6. The molecule has 98 valence electrons. The van der Waals surface area contributed by atoms with Crippen LogP contribution in [-0.2, 0) is 11.2 Å². The maximum Gasteiger partial charge on any atom is 0.338 e. The lowest BCUT2D eigenvalue weighted by atomic mass is 10.00. The fraction of sp³-hybridized carbons (Fsp3) is 0.500. The molecule has 0 radical (unpaired) electrons. The first-order valence-electron chi connectivity index (χ1n) is 6.20. The lowest BCUT2D eigenvalue weighted by Gasteiger charge is -2.22. The number of phenolic OH excluding ortho intramolecular Hbond substituents is 1. The lowest BCUT2D eigenvalue weighted by Crippen LogP contribution is -2.24. The molecule has 1 aliphatic heterocycles. The van der Waals surface area contributed by atoms with Crippen LogP contribution in [0.15, 0.2) is 12.1 Å². The van der Waals surface area contributed by atoms with Gasteiger partial charge in [0.25, 0.3) is 0 Å². The summed E-state index contributed by atoms with van der Waals surface area (Å²) in [5.74, 6) is -0.242. The number of fused-ring (bicyclic) bond motifs is 1. The number of carbonyl (C=O) groups is 1. The topological polar surface area (TPSA) is 58.6 Å². The molecule has 0 amide bonds. The zero-order valence-electron chi connectivity index (χ0n) is 11.0. The summed E-state index contributed by atoms with van der Waals surface area (Å²) in [6.07, 6.45) is 1.83. The van der Waals surface area contributed by atoms with E-state index in [-0.39, 0.29) is 5.75 Å². The van der Waals surface area contributed by atoms with Crippen molar-refractivity contribution >= 4 is 11.7 Å². The van der Waals surface area contributed by atoms with Crippen LogP contribution in [0.2, 0.25) is 0 Å². The van der Waals surface area contributed by atoms with Crippen molar-refractivity contribution in [1.29, 1.82) is 0 Å². The molecular formula is C14H19NO3. The second-order valence-electron chi connectivity index (χ2n) is 5.55. The fourth-order valence-corrected chi connectivity index (χ4v) is 2.02. The first-order valence-corrected chi connectivity index (χ1v) is 6.20. The zero-order valence-corrected chi connectivity index (χ0v) is 11.0. The Balaban J connectivity index is 2.30. The Labute approximate surface area is 107 Å². The summed E-state index contributed by atoms with van der Waals surface area (Å²) in [5, 5.41) is 13.1. The molecule has 4 heteroatoms. The number of ether oxygens (including phenoxy) is 1. The zero-order chi connectivity index (χ0) is 13.3. The van der Waals surface area contributed by atoms with Gasteiger partial charge in [-0.15, -0.1) is 0 Å². The van der Waals surface area contributed by atoms with Crippen LogP contribution in [0.3, 0.4) is 0 Å². The molecule has 2 N–H and O–H groups in total. The third kappa shape index (κ3) is 2.75. The number of rotatable bonds is 1. The minimum absolute atomic E-state index is 0.167. The van der Waals surface area contributed by atoms with Gasteiger partial charge in [0.2, 0.25) is 0 Å². The molecular weight excluding hydrogens is 230 g/mol. The Morgan fingerprint density at radius 1 is 1.39 bits per heavy atom. The van der Waals surface area contributed by atoms with Gasteiger partial charge in [0, 0.05) is 17.8 Å². The first-order chi connectivity index (χ1) is 8.37. The summed E-state index contributed by atoms with van der Waals surface area (Å²) >= 11 is 0. The lowest BCUT2D eigenvalue weighted by molar-refractivity contribution is 0.00691. The molecule has 0 saturated heterocycles.